The molecule has 1 aliphatic heterocycles. The zero-order valence-electron chi connectivity index (χ0n) is 19.7. The first-order valence-electron chi connectivity index (χ1n) is 11.6. The Balaban J connectivity index is 1.17. The van der Waals surface area contributed by atoms with E-state index in [1.807, 2.05) is 24.3 Å². The first-order valence-corrected chi connectivity index (χ1v) is 12.8. The summed E-state index contributed by atoms with van der Waals surface area (Å²) in [5, 5.41) is 0.901. The lowest BCUT2D eigenvalue weighted by molar-refractivity contribution is 0.0633. The zero-order chi connectivity index (χ0) is 25.8. The average molecular weight is 519 g/mol. The van der Waals surface area contributed by atoms with Crippen molar-refractivity contribution in [2.75, 3.05) is 30.9 Å². The number of fused-ring (bicyclic) bond motifs is 1. The molecular formula is C27H23FN4O4S. The maximum atomic E-state index is 13.3. The predicted octanol–water partition coefficient (Wildman–Crippen LogP) is 4.47. The molecule has 3 aromatic carbocycles. The lowest BCUT2D eigenvalue weighted by atomic mass is 10.1. The van der Waals surface area contributed by atoms with Gasteiger partial charge >= 0.3 is 6.09 Å². The van der Waals surface area contributed by atoms with Gasteiger partial charge in [0.15, 0.2) is 11.0 Å². The van der Waals surface area contributed by atoms with E-state index in [4.69, 9.17) is 4.74 Å². The molecule has 1 aromatic heterocycles. The second kappa shape index (κ2) is 10.8. The van der Waals surface area contributed by atoms with E-state index in [2.05, 4.69) is 9.71 Å². The van der Waals surface area contributed by atoms with Crippen molar-refractivity contribution in [1.82, 2.24) is 14.8 Å². The van der Waals surface area contributed by atoms with Crippen LogP contribution in [0.3, 0.4) is 0 Å². The summed E-state index contributed by atoms with van der Waals surface area (Å²) < 4.78 is 34.4. The number of hydrogen-bond donors (Lipinski definition) is 1. The molecule has 1 saturated heterocycles. The molecule has 1 fully saturated rings. The summed E-state index contributed by atoms with van der Waals surface area (Å²) in [6.45, 7) is 1.29. The zero-order valence-corrected chi connectivity index (χ0v) is 20.5. The van der Waals surface area contributed by atoms with Gasteiger partial charge in [0.05, 0.1) is 10.4 Å². The molecule has 188 valence electrons. The smallest absolute Gasteiger partial charge is 0.410 e. The molecule has 37 heavy (non-hydrogen) atoms. The molecule has 2 heterocycles. The lowest BCUT2D eigenvalue weighted by Crippen LogP contribution is -2.51. The lowest BCUT2D eigenvalue weighted by Gasteiger charge is -2.34. The molecule has 2 amide bonds. The van der Waals surface area contributed by atoms with Gasteiger partial charge in [-0.2, -0.15) is 0 Å². The highest BCUT2D eigenvalue weighted by Crippen LogP contribution is 2.22. The maximum Gasteiger partial charge on any atom is 0.415 e. The summed E-state index contributed by atoms with van der Waals surface area (Å²) in [6.07, 6.45) is 1.08. The molecule has 8 nitrogen and oxygen atoms in total. The highest BCUT2D eigenvalue weighted by Gasteiger charge is 2.26. The number of piperazine rings is 1. The fourth-order valence-electron chi connectivity index (χ4n) is 4.04. The molecule has 1 aliphatic rings. The second-order valence-corrected chi connectivity index (χ2v) is 9.57. The largest absolute Gasteiger partial charge is 0.415 e. The number of nitrogens with zero attached hydrogens (tertiary/aromatic N) is 3. The number of ether oxygens (including phenoxy) is 1. The summed E-state index contributed by atoms with van der Waals surface area (Å²) in [5.74, 6) is -0.516. The number of amides is 2. The van der Waals surface area contributed by atoms with Crippen LogP contribution in [0.4, 0.5) is 14.9 Å². The molecule has 1 N–H and O–H groups in total. The summed E-state index contributed by atoms with van der Waals surface area (Å²) in [6, 6.07) is 21.4. The van der Waals surface area contributed by atoms with Crippen LogP contribution in [-0.4, -0.2) is 57.2 Å². The maximum absolute atomic E-state index is 13.3. The first kappa shape index (κ1) is 24.4. The quantitative estimate of drug-likeness (QED) is 0.421. The number of pyridine rings is 1. The number of benzene rings is 3. The highest BCUT2D eigenvalue weighted by atomic mass is 32.2. The Morgan fingerprint density at radius 2 is 1.59 bits per heavy atom. The van der Waals surface area contributed by atoms with Crippen LogP contribution in [0, 0.1) is 5.82 Å². The van der Waals surface area contributed by atoms with Crippen molar-refractivity contribution in [3.63, 3.8) is 0 Å². The van der Waals surface area contributed by atoms with Gasteiger partial charge in [-0.25, -0.2) is 13.4 Å². The van der Waals surface area contributed by atoms with E-state index in [9.17, 15) is 18.2 Å². The molecule has 0 aliphatic carbocycles. The van der Waals surface area contributed by atoms with Gasteiger partial charge < -0.3 is 19.3 Å². The third-order valence-electron chi connectivity index (χ3n) is 5.96. The van der Waals surface area contributed by atoms with Crippen molar-refractivity contribution in [2.24, 2.45) is 0 Å². The van der Waals surface area contributed by atoms with Gasteiger partial charge in [0.25, 0.3) is 5.91 Å². The summed E-state index contributed by atoms with van der Waals surface area (Å²) in [7, 11) is -1.53. The van der Waals surface area contributed by atoms with E-state index >= 15 is 0 Å². The molecule has 4 aromatic rings. The van der Waals surface area contributed by atoms with E-state index < -0.39 is 22.9 Å². The number of para-hydroxylation sites is 1. The van der Waals surface area contributed by atoms with Gasteiger partial charge in [-0.3, -0.25) is 9.78 Å². The van der Waals surface area contributed by atoms with E-state index in [-0.39, 0.29) is 11.7 Å². The molecule has 10 heteroatoms. The first-order chi connectivity index (χ1) is 18.0. The normalized spacial score (nSPS) is 14.3. The summed E-state index contributed by atoms with van der Waals surface area (Å²) in [4.78, 5) is 33.4. The molecule has 1 unspecified atom stereocenters. The van der Waals surface area contributed by atoms with Crippen molar-refractivity contribution in [1.29, 1.82) is 0 Å². The van der Waals surface area contributed by atoms with Crippen molar-refractivity contribution in [3.8, 4) is 5.75 Å². The topological polar surface area (TPSA) is 91.8 Å². The average Bonchev–Trinajstić information content (AvgIpc) is 2.93. The van der Waals surface area contributed by atoms with Crippen LogP contribution in [-0.2, 0) is 11.0 Å². The van der Waals surface area contributed by atoms with Gasteiger partial charge in [0.1, 0.15) is 11.6 Å². The predicted molar refractivity (Wildman–Crippen MR) is 138 cm³/mol. The minimum atomic E-state index is -1.53. The van der Waals surface area contributed by atoms with E-state index in [0.717, 1.165) is 11.5 Å². The van der Waals surface area contributed by atoms with Gasteiger partial charge in [-0.1, -0.05) is 24.3 Å². The number of carbonyl (C=O) groups is 2. The minimum Gasteiger partial charge on any atom is -0.410 e. The van der Waals surface area contributed by atoms with Crippen LogP contribution in [0.5, 0.6) is 5.75 Å². The van der Waals surface area contributed by atoms with E-state index in [0.29, 0.717) is 47.8 Å². The Hall–Kier alpha value is -4.31. The SMILES string of the molecule is O=C(Oc1cccc(F)c1)N1CCN(C(=O)c2ccc(NS(=O)c3cccc4cccnc34)cc2)CC1. The minimum absolute atomic E-state index is 0.134. The Morgan fingerprint density at radius 3 is 2.35 bits per heavy atom. The van der Waals surface area contributed by atoms with Crippen LogP contribution in [0.15, 0.2) is 90.0 Å². The monoisotopic (exact) mass is 518 g/mol. The fourth-order valence-corrected chi connectivity index (χ4v) is 5.05. The number of hydrogen-bond acceptors (Lipinski definition) is 5. The van der Waals surface area contributed by atoms with E-state index in [1.165, 1.54) is 23.1 Å². The summed E-state index contributed by atoms with van der Waals surface area (Å²) in [5.41, 5.74) is 1.76. The Kier molecular flexibility index (Phi) is 7.09. The number of aromatic nitrogens is 1. The number of rotatable bonds is 5. The third-order valence-corrected chi connectivity index (χ3v) is 7.11. The second-order valence-electron chi connectivity index (χ2n) is 8.38. The van der Waals surface area contributed by atoms with Crippen molar-refractivity contribution in [2.45, 2.75) is 4.90 Å². The Labute approximate surface area is 215 Å². The van der Waals surface area contributed by atoms with E-state index in [1.54, 1.807) is 41.4 Å². The number of carbonyl (C=O) groups excluding carboxylic acids is 2. The molecule has 0 spiro atoms. The van der Waals surface area contributed by atoms with Crippen molar-refractivity contribution >= 4 is 39.6 Å². The molecule has 0 bridgehead atoms. The molecule has 5 rings (SSSR count). The van der Waals surface area contributed by atoms with Crippen LogP contribution < -0.4 is 9.46 Å². The van der Waals surface area contributed by atoms with Gasteiger partial charge in [-0.15, -0.1) is 0 Å². The Bertz CT molecular complexity index is 1470. The van der Waals surface area contributed by atoms with Crippen LogP contribution in [0.1, 0.15) is 10.4 Å². The van der Waals surface area contributed by atoms with Crippen LogP contribution in [0.25, 0.3) is 10.9 Å². The van der Waals surface area contributed by atoms with Crippen LogP contribution in [0.2, 0.25) is 0 Å². The van der Waals surface area contributed by atoms with Gasteiger partial charge in [0, 0.05) is 55.1 Å². The molecule has 0 saturated carbocycles. The highest BCUT2D eigenvalue weighted by molar-refractivity contribution is 7.86. The number of anilines is 1. The molecule has 0 radical (unpaired) electrons. The van der Waals surface area contributed by atoms with Crippen molar-refractivity contribution < 1.29 is 22.9 Å². The number of nitrogens with one attached hydrogen (secondary N) is 1. The molecular weight excluding hydrogens is 495 g/mol. The standard InChI is InChI=1S/C27H23FN4O4S/c28-21-6-2-7-23(18-21)36-27(34)32-16-14-31(15-17-32)26(33)20-9-11-22(12-10-20)30-37(35)24-8-1-4-19-5-3-13-29-25(19)24/h1-13,18,30H,14-17H2. The fraction of sp³-hybridized carbons (Fsp3) is 0.148. The van der Waals surface area contributed by atoms with Crippen molar-refractivity contribution in [3.05, 3.63) is 96.4 Å². The van der Waals surface area contributed by atoms with Gasteiger partial charge in [0.2, 0.25) is 0 Å². The van der Waals surface area contributed by atoms with Gasteiger partial charge in [-0.05, 0) is 48.5 Å². The van der Waals surface area contributed by atoms with Crippen LogP contribution >= 0.6 is 0 Å². The number of halogens is 1. The third kappa shape index (κ3) is 5.59. The molecule has 1 atom stereocenters. The summed E-state index contributed by atoms with van der Waals surface area (Å²) >= 11 is 0. The Morgan fingerprint density at radius 1 is 0.892 bits per heavy atom.